The van der Waals surface area contributed by atoms with Crippen LogP contribution in [0.5, 0.6) is 17.6 Å². The lowest BCUT2D eigenvalue weighted by Gasteiger charge is -2.20. The number of sulfone groups is 1. The standard InChI is InChI=1S/C22H27N9O5S/c1-13(16-9-24-18(34-4)10-23-16)14(2)37(32,33)11-17-27-28-20(15-7-8-30(3)29-15)31(17)19-21(35-5)25-12-26-22(19)36-6/h7-10,12-14H,11H2,1-6H3/t13-,14-/m0/s1. The summed E-state index contributed by atoms with van der Waals surface area (Å²) in [7, 11) is 2.33. The second-order valence-corrected chi connectivity index (χ2v) is 10.5. The van der Waals surface area contributed by atoms with Crippen molar-refractivity contribution in [1.82, 2.24) is 44.5 Å². The average Bonchev–Trinajstić information content (AvgIpc) is 3.52. The highest BCUT2D eigenvalue weighted by molar-refractivity contribution is 7.91. The van der Waals surface area contributed by atoms with E-state index >= 15 is 0 Å². The minimum atomic E-state index is -3.78. The van der Waals surface area contributed by atoms with Crippen molar-refractivity contribution in [2.45, 2.75) is 30.8 Å². The van der Waals surface area contributed by atoms with Crippen LogP contribution in [0.4, 0.5) is 0 Å². The molecule has 0 aromatic carbocycles. The third-order valence-electron chi connectivity index (χ3n) is 5.96. The van der Waals surface area contributed by atoms with E-state index in [1.165, 1.54) is 44.6 Å². The molecular weight excluding hydrogens is 502 g/mol. The Morgan fingerprint density at radius 3 is 2.19 bits per heavy atom. The first-order valence-corrected chi connectivity index (χ1v) is 12.9. The Morgan fingerprint density at radius 1 is 0.946 bits per heavy atom. The number of ether oxygens (including phenoxy) is 3. The maximum atomic E-state index is 13.6. The van der Waals surface area contributed by atoms with Gasteiger partial charge in [0.1, 0.15) is 17.8 Å². The molecule has 4 heterocycles. The quantitative estimate of drug-likeness (QED) is 0.290. The molecule has 0 aliphatic rings. The summed E-state index contributed by atoms with van der Waals surface area (Å²) in [4.78, 5) is 16.8. The lowest BCUT2D eigenvalue weighted by Crippen LogP contribution is -2.27. The maximum Gasteiger partial charge on any atom is 0.245 e. The fourth-order valence-electron chi connectivity index (χ4n) is 3.71. The molecule has 0 N–H and O–H groups in total. The summed E-state index contributed by atoms with van der Waals surface area (Å²) >= 11 is 0. The molecular formula is C22H27N9O5S. The van der Waals surface area contributed by atoms with Crippen LogP contribution in [0, 0.1) is 0 Å². The van der Waals surface area contributed by atoms with Gasteiger partial charge in [0.15, 0.2) is 27.2 Å². The van der Waals surface area contributed by atoms with Crippen molar-refractivity contribution in [3.8, 4) is 34.8 Å². The average molecular weight is 530 g/mol. The number of hydrogen-bond donors (Lipinski definition) is 0. The van der Waals surface area contributed by atoms with Crippen molar-refractivity contribution in [2.75, 3.05) is 21.3 Å². The first-order valence-electron chi connectivity index (χ1n) is 11.1. The Hall–Kier alpha value is -4.14. The summed E-state index contributed by atoms with van der Waals surface area (Å²) < 4.78 is 46.3. The van der Waals surface area contributed by atoms with Crippen LogP contribution in [0.3, 0.4) is 0 Å². The smallest absolute Gasteiger partial charge is 0.245 e. The molecule has 4 rings (SSSR count). The van der Waals surface area contributed by atoms with Gasteiger partial charge in [0.25, 0.3) is 0 Å². The Morgan fingerprint density at radius 2 is 1.65 bits per heavy atom. The number of hydrogen-bond acceptors (Lipinski definition) is 12. The van der Waals surface area contributed by atoms with Gasteiger partial charge in [-0.15, -0.1) is 10.2 Å². The van der Waals surface area contributed by atoms with Gasteiger partial charge in [-0.3, -0.25) is 14.2 Å². The summed E-state index contributed by atoms with van der Waals surface area (Å²) in [6.07, 6.45) is 5.98. The Balaban J connectivity index is 1.79. The predicted molar refractivity (Wildman–Crippen MR) is 131 cm³/mol. The molecule has 196 valence electrons. The Bertz CT molecular complexity index is 1460. The van der Waals surface area contributed by atoms with E-state index in [4.69, 9.17) is 14.2 Å². The molecule has 0 radical (unpaired) electrons. The van der Waals surface area contributed by atoms with Gasteiger partial charge >= 0.3 is 0 Å². The van der Waals surface area contributed by atoms with E-state index in [0.717, 1.165) is 0 Å². The molecule has 4 aromatic rings. The second-order valence-electron chi connectivity index (χ2n) is 8.18. The molecule has 0 aliphatic carbocycles. The fourth-order valence-corrected chi connectivity index (χ4v) is 5.28. The largest absolute Gasteiger partial charge is 0.480 e. The molecule has 14 nitrogen and oxygen atoms in total. The first-order chi connectivity index (χ1) is 17.7. The molecule has 0 unspecified atom stereocenters. The normalized spacial score (nSPS) is 13.2. The third-order valence-corrected chi connectivity index (χ3v) is 8.16. The first kappa shape index (κ1) is 25.9. The number of aryl methyl sites for hydroxylation is 1. The minimum absolute atomic E-state index is 0.118. The van der Waals surface area contributed by atoms with Crippen LogP contribution in [0.1, 0.15) is 31.3 Å². The highest BCUT2D eigenvalue weighted by atomic mass is 32.2. The van der Waals surface area contributed by atoms with Crippen LogP contribution in [0.25, 0.3) is 17.2 Å². The summed E-state index contributed by atoms with van der Waals surface area (Å²) in [5.74, 6) is 0.137. The van der Waals surface area contributed by atoms with Gasteiger partial charge in [0.05, 0.1) is 44.7 Å². The molecule has 2 atom stereocenters. The van der Waals surface area contributed by atoms with E-state index in [-0.39, 0.29) is 29.1 Å². The molecule has 0 spiro atoms. The zero-order chi connectivity index (χ0) is 26.7. The second kappa shape index (κ2) is 10.5. The molecule has 0 saturated carbocycles. The number of rotatable bonds is 10. The van der Waals surface area contributed by atoms with Crippen molar-refractivity contribution in [2.24, 2.45) is 7.05 Å². The highest BCUT2D eigenvalue weighted by Gasteiger charge is 2.33. The maximum absolute atomic E-state index is 13.6. The molecule has 0 bridgehead atoms. The predicted octanol–water partition coefficient (Wildman–Crippen LogP) is 1.38. The lowest BCUT2D eigenvalue weighted by molar-refractivity contribution is 0.368. The van der Waals surface area contributed by atoms with Crippen molar-refractivity contribution in [3.63, 3.8) is 0 Å². The number of aromatic nitrogens is 9. The fraction of sp³-hybridized carbons (Fsp3) is 0.409. The monoisotopic (exact) mass is 529 g/mol. The van der Waals surface area contributed by atoms with Gasteiger partial charge in [-0.2, -0.15) is 15.1 Å². The van der Waals surface area contributed by atoms with Crippen molar-refractivity contribution < 1.29 is 22.6 Å². The number of methoxy groups -OCH3 is 3. The number of nitrogens with zero attached hydrogens (tertiary/aromatic N) is 9. The van der Waals surface area contributed by atoms with E-state index in [1.807, 2.05) is 0 Å². The van der Waals surface area contributed by atoms with E-state index in [2.05, 4.69) is 35.2 Å². The van der Waals surface area contributed by atoms with Crippen LogP contribution in [0.2, 0.25) is 0 Å². The van der Waals surface area contributed by atoms with E-state index in [1.54, 1.807) is 37.8 Å². The molecule has 0 amide bonds. The zero-order valence-electron chi connectivity index (χ0n) is 21.2. The zero-order valence-corrected chi connectivity index (χ0v) is 22.0. The molecule has 0 saturated heterocycles. The molecule has 4 aromatic heterocycles. The molecule has 0 aliphatic heterocycles. The van der Waals surface area contributed by atoms with Gasteiger partial charge < -0.3 is 14.2 Å². The van der Waals surface area contributed by atoms with Crippen LogP contribution in [-0.2, 0) is 22.6 Å². The van der Waals surface area contributed by atoms with Gasteiger partial charge in [-0.1, -0.05) is 6.92 Å². The SMILES string of the molecule is COc1cnc([C@@H](C)[C@H](C)S(=O)(=O)Cc2nnc(-c3ccn(C)n3)n2-c2c(OC)ncnc2OC)cn1. The van der Waals surface area contributed by atoms with Crippen LogP contribution in [-0.4, -0.2) is 79.5 Å². The van der Waals surface area contributed by atoms with Gasteiger partial charge in [0, 0.05) is 19.2 Å². The van der Waals surface area contributed by atoms with Crippen LogP contribution in [0.15, 0.2) is 31.0 Å². The Kier molecular flexibility index (Phi) is 7.33. The van der Waals surface area contributed by atoms with Crippen LogP contribution < -0.4 is 14.2 Å². The molecule has 0 fully saturated rings. The van der Waals surface area contributed by atoms with Crippen LogP contribution >= 0.6 is 0 Å². The topological polar surface area (TPSA) is 162 Å². The van der Waals surface area contributed by atoms with E-state index in [0.29, 0.717) is 17.3 Å². The van der Waals surface area contributed by atoms with Crippen molar-refractivity contribution in [1.29, 1.82) is 0 Å². The van der Waals surface area contributed by atoms with Gasteiger partial charge in [0.2, 0.25) is 17.6 Å². The Labute approximate surface area is 213 Å². The van der Waals surface area contributed by atoms with E-state index in [9.17, 15) is 8.42 Å². The molecule has 15 heteroatoms. The molecule has 37 heavy (non-hydrogen) atoms. The summed E-state index contributed by atoms with van der Waals surface area (Å²) in [6.45, 7) is 3.40. The van der Waals surface area contributed by atoms with Gasteiger partial charge in [-0.25, -0.2) is 13.4 Å². The summed E-state index contributed by atoms with van der Waals surface area (Å²) in [5, 5.41) is 12.1. The summed E-state index contributed by atoms with van der Waals surface area (Å²) in [5.41, 5.74) is 1.24. The van der Waals surface area contributed by atoms with E-state index < -0.39 is 26.8 Å². The minimum Gasteiger partial charge on any atom is -0.480 e. The third kappa shape index (κ3) is 5.07. The highest BCUT2D eigenvalue weighted by Crippen LogP contribution is 2.34. The van der Waals surface area contributed by atoms with Gasteiger partial charge in [-0.05, 0) is 13.0 Å². The van der Waals surface area contributed by atoms with Crippen molar-refractivity contribution >= 4 is 9.84 Å². The van der Waals surface area contributed by atoms with Crippen molar-refractivity contribution in [3.05, 3.63) is 42.5 Å². The lowest BCUT2D eigenvalue weighted by atomic mass is 10.1. The summed E-state index contributed by atoms with van der Waals surface area (Å²) in [6, 6.07) is 1.73.